The van der Waals surface area contributed by atoms with Crippen LogP contribution in [0.3, 0.4) is 0 Å². The van der Waals surface area contributed by atoms with Crippen LogP contribution in [0.1, 0.15) is 22.3 Å². The number of nitrogens with zero attached hydrogens (tertiary/aromatic N) is 2. The van der Waals surface area contributed by atoms with Crippen molar-refractivity contribution in [3.8, 4) is 0 Å². The Morgan fingerprint density at radius 1 is 1.21 bits per heavy atom. The highest BCUT2D eigenvalue weighted by molar-refractivity contribution is 5.93. The Morgan fingerprint density at radius 3 is 2.79 bits per heavy atom. The molecule has 0 fully saturated rings. The minimum Gasteiger partial charge on any atom is -0.267 e. The minimum absolute atomic E-state index is 0.246. The van der Waals surface area contributed by atoms with Gasteiger partial charge in [0.1, 0.15) is 0 Å². The van der Waals surface area contributed by atoms with Gasteiger partial charge in [0.05, 0.1) is 5.56 Å². The van der Waals surface area contributed by atoms with Crippen molar-refractivity contribution in [1.29, 1.82) is 0 Å². The summed E-state index contributed by atoms with van der Waals surface area (Å²) >= 11 is 0. The minimum atomic E-state index is -0.246. The molecule has 96 valence electrons. The Kier molecular flexibility index (Phi) is 4.81. The van der Waals surface area contributed by atoms with Crippen LogP contribution in [0.4, 0.5) is 0 Å². The van der Waals surface area contributed by atoms with Crippen LogP contribution in [-0.4, -0.2) is 17.1 Å². The smallest absolute Gasteiger partial charge is 0.267 e. The summed E-state index contributed by atoms with van der Waals surface area (Å²) in [5.74, 6) is -0.246. The van der Waals surface area contributed by atoms with Gasteiger partial charge >= 0.3 is 0 Å². The number of hydrogen-bond donors (Lipinski definition) is 1. The molecule has 0 aliphatic rings. The van der Waals surface area contributed by atoms with Crippen molar-refractivity contribution >= 4 is 12.1 Å². The lowest BCUT2D eigenvalue weighted by Gasteiger charge is -1.99. The third-order valence-electron chi connectivity index (χ3n) is 2.59. The second-order valence-corrected chi connectivity index (χ2v) is 4.02. The van der Waals surface area contributed by atoms with Gasteiger partial charge in [-0.25, -0.2) is 5.43 Å². The highest BCUT2D eigenvalue weighted by Crippen LogP contribution is 2.00. The van der Waals surface area contributed by atoms with Crippen LogP contribution >= 0.6 is 0 Å². The molecule has 0 bridgehead atoms. The van der Waals surface area contributed by atoms with Crippen molar-refractivity contribution < 1.29 is 4.79 Å². The molecule has 1 aromatic carbocycles. The van der Waals surface area contributed by atoms with Gasteiger partial charge in [0.15, 0.2) is 0 Å². The molecular weight excluding hydrogens is 238 g/mol. The van der Waals surface area contributed by atoms with E-state index in [4.69, 9.17) is 0 Å². The Hall–Kier alpha value is -2.49. The molecule has 19 heavy (non-hydrogen) atoms. The lowest BCUT2D eigenvalue weighted by molar-refractivity contribution is 0.0954. The van der Waals surface area contributed by atoms with E-state index in [0.29, 0.717) is 5.56 Å². The normalized spacial score (nSPS) is 10.5. The van der Waals surface area contributed by atoms with Crippen molar-refractivity contribution in [2.45, 2.75) is 12.8 Å². The first-order chi connectivity index (χ1) is 9.36. The average Bonchev–Trinajstić information content (AvgIpc) is 2.49. The van der Waals surface area contributed by atoms with E-state index in [1.807, 2.05) is 18.2 Å². The summed E-state index contributed by atoms with van der Waals surface area (Å²) < 4.78 is 0. The number of hydrazone groups is 1. The van der Waals surface area contributed by atoms with E-state index in [0.717, 1.165) is 12.8 Å². The van der Waals surface area contributed by atoms with E-state index < -0.39 is 0 Å². The lowest BCUT2D eigenvalue weighted by Crippen LogP contribution is -2.17. The number of benzene rings is 1. The first-order valence-corrected chi connectivity index (χ1v) is 6.12. The van der Waals surface area contributed by atoms with Crippen LogP contribution < -0.4 is 5.43 Å². The van der Waals surface area contributed by atoms with Gasteiger partial charge in [0.25, 0.3) is 5.91 Å². The second-order valence-electron chi connectivity index (χ2n) is 4.02. The summed E-state index contributed by atoms with van der Waals surface area (Å²) in [5.41, 5.74) is 4.24. The molecule has 1 aromatic heterocycles. The number of hydrogen-bond acceptors (Lipinski definition) is 3. The van der Waals surface area contributed by atoms with Crippen LogP contribution in [-0.2, 0) is 6.42 Å². The fraction of sp³-hybridized carbons (Fsp3) is 0.133. The summed E-state index contributed by atoms with van der Waals surface area (Å²) in [6.07, 6.45) is 6.54. The van der Waals surface area contributed by atoms with Crippen LogP contribution in [0.15, 0.2) is 60.0 Å². The summed E-state index contributed by atoms with van der Waals surface area (Å²) in [5, 5.41) is 3.91. The first-order valence-electron chi connectivity index (χ1n) is 6.12. The fourth-order valence-corrected chi connectivity index (χ4v) is 1.61. The average molecular weight is 253 g/mol. The highest BCUT2D eigenvalue weighted by Gasteiger charge is 2.01. The molecule has 0 unspecified atom stereocenters. The maximum atomic E-state index is 11.6. The van der Waals surface area contributed by atoms with Crippen LogP contribution in [0, 0.1) is 0 Å². The molecule has 1 amide bonds. The fourth-order valence-electron chi connectivity index (χ4n) is 1.61. The number of rotatable bonds is 5. The quantitative estimate of drug-likeness (QED) is 0.657. The molecule has 0 atom stereocenters. The molecule has 0 saturated heterocycles. The number of aryl methyl sites for hydroxylation is 1. The van der Waals surface area contributed by atoms with E-state index in [-0.39, 0.29) is 5.91 Å². The number of aromatic nitrogens is 1. The predicted molar refractivity (Wildman–Crippen MR) is 75.0 cm³/mol. The number of carbonyl (C=O) groups excluding carboxylic acids is 1. The monoisotopic (exact) mass is 253 g/mol. The molecule has 0 radical (unpaired) electrons. The van der Waals surface area contributed by atoms with Gasteiger partial charge in [-0.15, -0.1) is 0 Å². The maximum Gasteiger partial charge on any atom is 0.272 e. The summed E-state index contributed by atoms with van der Waals surface area (Å²) in [6.45, 7) is 0. The van der Waals surface area contributed by atoms with E-state index in [9.17, 15) is 4.79 Å². The van der Waals surface area contributed by atoms with Gasteiger partial charge in [-0.05, 0) is 30.5 Å². The van der Waals surface area contributed by atoms with E-state index in [1.165, 1.54) is 11.8 Å². The van der Waals surface area contributed by atoms with Crippen molar-refractivity contribution in [3.05, 3.63) is 66.0 Å². The second kappa shape index (κ2) is 7.06. The van der Waals surface area contributed by atoms with Crippen LogP contribution in [0.25, 0.3) is 0 Å². The predicted octanol–water partition coefficient (Wildman–Crippen LogP) is 2.43. The zero-order valence-corrected chi connectivity index (χ0v) is 10.5. The van der Waals surface area contributed by atoms with Gasteiger partial charge in [-0.1, -0.05) is 30.3 Å². The van der Waals surface area contributed by atoms with Gasteiger partial charge in [0.2, 0.25) is 0 Å². The number of carbonyl (C=O) groups is 1. The zero-order chi connectivity index (χ0) is 13.3. The molecule has 2 rings (SSSR count). The van der Waals surface area contributed by atoms with Crippen molar-refractivity contribution in [2.24, 2.45) is 5.10 Å². The standard InChI is InChI=1S/C15H15N3O/c19-15(14-9-5-10-16-12-14)18-17-11-4-8-13-6-2-1-3-7-13/h1-3,5-7,9-12H,4,8H2,(H,18,19)/b17-11-. The van der Waals surface area contributed by atoms with Crippen LogP contribution in [0.2, 0.25) is 0 Å². The Morgan fingerprint density at radius 2 is 2.05 bits per heavy atom. The molecule has 4 heteroatoms. The summed E-state index contributed by atoms with van der Waals surface area (Å²) in [7, 11) is 0. The molecule has 0 saturated carbocycles. The van der Waals surface area contributed by atoms with Crippen molar-refractivity contribution in [2.75, 3.05) is 0 Å². The molecule has 0 aliphatic carbocycles. The molecule has 0 aliphatic heterocycles. The van der Waals surface area contributed by atoms with Gasteiger partial charge < -0.3 is 0 Å². The highest BCUT2D eigenvalue weighted by atomic mass is 16.2. The maximum absolute atomic E-state index is 11.6. The van der Waals surface area contributed by atoms with Crippen molar-refractivity contribution in [3.63, 3.8) is 0 Å². The van der Waals surface area contributed by atoms with Crippen LogP contribution in [0.5, 0.6) is 0 Å². The zero-order valence-electron chi connectivity index (χ0n) is 10.5. The molecule has 1 heterocycles. The molecule has 4 nitrogen and oxygen atoms in total. The number of nitrogens with one attached hydrogen (secondary N) is 1. The lowest BCUT2D eigenvalue weighted by atomic mass is 10.1. The largest absolute Gasteiger partial charge is 0.272 e. The van der Waals surface area contributed by atoms with Crippen molar-refractivity contribution in [1.82, 2.24) is 10.4 Å². The topological polar surface area (TPSA) is 54.4 Å². The van der Waals surface area contributed by atoms with Gasteiger partial charge in [0, 0.05) is 18.6 Å². The Labute approximate surface area is 112 Å². The van der Waals surface area contributed by atoms with Gasteiger partial charge in [-0.3, -0.25) is 9.78 Å². The summed E-state index contributed by atoms with van der Waals surface area (Å²) in [4.78, 5) is 15.5. The number of pyridine rings is 1. The Balaban J connectivity index is 1.74. The first kappa shape index (κ1) is 13.0. The van der Waals surface area contributed by atoms with Gasteiger partial charge in [-0.2, -0.15) is 5.10 Å². The third-order valence-corrected chi connectivity index (χ3v) is 2.59. The molecule has 1 N–H and O–H groups in total. The SMILES string of the molecule is O=C(N/N=C\CCc1ccccc1)c1cccnc1. The molecule has 0 spiro atoms. The van der Waals surface area contributed by atoms with E-state index in [2.05, 4.69) is 27.6 Å². The molecule has 2 aromatic rings. The Bertz CT molecular complexity index is 538. The third kappa shape index (κ3) is 4.35. The van der Waals surface area contributed by atoms with E-state index in [1.54, 1.807) is 24.5 Å². The number of amides is 1. The molecular formula is C15H15N3O. The van der Waals surface area contributed by atoms with E-state index >= 15 is 0 Å². The summed E-state index contributed by atoms with van der Waals surface area (Å²) in [6, 6.07) is 13.6.